The molecule has 0 N–H and O–H groups in total. The molecule has 0 unspecified atom stereocenters. The Morgan fingerprint density at radius 3 is 2.65 bits per heavy atom. The fourth-order valence-corrected chi connectivity index (χ4v) is 4.25. The van der Waals surface area contributed by atoms with Gasteiger partial charge >= 0.3 is 0 Å². The summed E-state index contributed by atoms with van der Waals surface area (Å²) in [6.07, 6.45) is 0.353. The van der Waals surface area contributed by atoms with E-state index >= 15 is 0 Å². The number of halogens is 2. The van der Waals surface area contributed by atoms with Crippen LogP contribution in [0.4, 0.5) is 8.78 Å². The third-order valence-corrected chi connectivity index (χ3v) is 5.65. The second-order valence-corrected chi connectivity index (χ2v) is 7.34. The first-order valence-electron chi connectivity index (χ1n) is 8.44. The number of fused-ring (bicyclic) bond motifs is 1. The molecule has 0 atom stereocenters. The molecule has 1 saturated heterocycles. The molecule has 0 spiro atoms. The minimum atomic E-state index is -0.585. The van der Waals surface area contributed by atoms with Gasteiger partial charge in [0.15, 0.2) is 0 Å². The van der Waals surface area contributed by atoms with Crippen LogP contribution in [0.15, 0.2) is 42.5 Å². The molecule has 26 heavy (non-hydrogen) atoms. The van der Waals surface area contributed by atoms with Crippen molar-refractivity contribution in [1.82, 2.24) is 4.90 Å². The van der Waals surface area contributed by atoms with E-state index in [1.165, 1.54) is 23.5 Å². The molecule has 1 aromatic heterocycles. The Morgan fingerprint density at radius 2 is 1.88 bits per heavy atom. The van der Waals surface area contributed by atoms with Crippen LogP contribution in [0.2, 0.25) is 0 Å². The fraction of sp³-hybridized carbons (Fsp3) is 0.250. The average molecular weight is 373 g/mol. The van der Waals surface area contributed by atoms with Gasteiger partial charge in [0.25, 0.3) is 5.91 Å². The van der Waals surface area contributed by atoms with Gasteiger partial charge in [0.05, 0.1) is 18.1 Å². The van der Waals surface area contributed by atoms with Crippen molar-refractivity contribution < 1.29 is 18.3 Å². The number of rotatable bonds is 3. The third-order valence-electron chi connectivity index (χ3n) is 4.56. The van der Waals surface area contributed by atoms with Crippen LogP contribution in [0.3, 0.4) is 0 Å². The molecule has 1 aliphatic rings. The lowest BCUT2D eigenvalue weighted by Gasteiger charge is -2.26. The number of morpholine rings is 1. The molecule has 1 amide bonds. The second-order valence-electron chi connectivity index (χ2n) is 6.26. The lowest BCUT2D eigenvalue weighted by atomic mass is 10.0. The van der Waals surface area contributed by atoms with Crippen LogP contribution in [0, 0.1) is 11.6 Å². The van der Waals surface area contributed by atoms with Crippen LogP contribution in [0.25, 0.3) is 10.1 Å². The zero-order valence-electron chi connectivity index (χ0n) is 14.0. The topological polar surface area (TPSA) is 29.5 Å². The summed E-state index contributed by atoms with van der Waals surface area (Å²) in [5.41, 5.74) is 1.36. The largest absolute Gasteiger partial charge is 0.378 e. The van der Waals surface area contributed by atoms with Gasteiger partial charge in [-0.2, -0.15) is 0 Å². The molecular weight excluding hydrogens is 356 g/mol. The third kappa shape index (κ3) is 3.34. The Bertz CT molecular complexity index is 964. The molecule has 3 aromatic rings. The van der Waals surface area contributed by atoms with E-state index in [2.05, 4.69) is 0 Å². The summed E-state index contributed by atoms with van der Waals surface area (Å²) in [6.45, 7) is 2.32. The number of nitrogens with zero attached hydrogens (tertiary/aromatic N) is 1. The zero-order valence-corrected chi connectivity index (χ0v) is 14.8. The lowest BCUT2D eigenvalue weighted by Crippen LogP contribution is -2.40. The number of hydrogen-bond donors (Lipinski definition) is 0. The summed E-state index contributed by atoms with van der Waals surface area (Å²) in [5, 5.41) is 0.942. The van der Waals surface area contributed by atoms with Gasteiger partial charge in [0, 0.05) is 30.3 Å². The van der Waals surface area contributed by atoms with Crippen molar-refractivity contribution in [2.45, 2.75) is 6.42 Å². The molecule has 134 valence electrons. The summed E-state index contributed by atoms with van der Waals surface area (Å²) in [7, 11) is 0. The number of thiophene rings is 1. The average Bonchev–Trinajstić information content (AvgIpc) is 3.09. The van der Waals surface area contributed by atoms with E-state index in [9.17, 15) is 13.6 Å². The highest BCUT2D eigenvalue weighted by Crippen LogP contribution is 2.31. The molecular formula is C20H17F2NO2S. The van der Waals surface area contributed by atoms with Crippen LogP contribution in [0.5, 0.6) is 0 Å². The highest BCUT2D eigenvalue weighted by atomic mass is 32.1. The first kappa shape index (κ1) is 17.1. The Morgan fingerprint density at radius 1 is 1.08 bits per heavy atom. The summed E-state index contributed by atoms with van der Waals surface area (Å²) in [6, 6.07) is 11.3. The monoisotopic (exact) mass is 373 g/mol. The van der Waals surface area contributed by atoms with Crippen LogP contribution in [-0.4, -0.2) is 37.1 Å². The number of carbonyl (C=O) groups excluding carboxylic acids is 1. The van der Waals surface area contributed by atoms with Gasteiger partial charge in [-0.25, -0.2) is 8.78 Å². The van der Waals surface area contributed by atoms with Gasteiger partial charge in [-0.3, -0.25) is 4.79 Å². The summed E-state index contributed by atoms with van der Waals surface area (Å²) >= 11 is 1.44. The van der Waals surface area contributed by atoms with Gasteiger partial charge in [-0.1, -0.05) is 18.2 Å². The highest BCUT2D eigenvalue weighted by molar-refractivity contribution is 7.20. The van der Waals surface area contributed by atoms with Crippen molar-refractivity contribution in [2.24, 2.45) is 0 Å². The van der Waals surface area contributed by atoms with Gasteiger partial charge in [0.1, 0.15) is 11.6 Å². The second kappa shape index (κ2) is 7.13. The summed E-state index contributed by atoms with van der Waals surface area (Å²) in [5.74, 6) is -1.13. The molecule has 4 rings (SSSR count). The highest BCUT2D eigenvalue weighted by Gasteiger charge is 2.21. The maximum atomic E-state index is 14.0. The molecule has 2 heterocycles. The Labute approximate surface area is 153 Å². The maximum Gasteiger partial charge on any atom is 0.264 e. The van der Waals surface area contributed by atoms with E-state index in [0.717, 1.165) is 21.7 Å². The van der Waals surface area contributed by atoms with E-state index in [1.807, 2.05) is 24.3 Å². The molecule has 0 saturated carbocycles. The zero-order chi connectivity index (χ0) is 18.1. The van der Waals surface area contributed by atoms with Crippen LogP contribution >= 0.6 is 11.3 Å². The molecule has 3 nitrogen and oxygen atoms in total. The molecule has 0 bridgehead atoms. The Balaban J connectivity index is 1.66. The van der Waals surface area contributed by atoms with Gasteiger partial charge in [-0.05, 0) is 34.7 Å². The standard InChI is InChI=1S/C20H17F2NO2S/c21-15-5-4-14(17(22)11-15)10-13-2-1-3-18-16(13)12-19(26-18)20(24)23-6-8-25-9-7-23/h1-5,11-12H,6-10H2. The minimum absolute atomic E-state index is 0.00779. The van der Waals surface area contributed by atoms with Gasteiger partial charge in [-0.15, -0.1) is 11.3 Å². The Kier molecular flexibility index (Phi) is 4.70. The molecule has 0 aliphatic carbocycles. The molecule has 2 aromatic carbocycles. The van der Waals surface area contributed by atoms with E-state index in [1.54, 1.807) is 4.90 Å². The van der Waals surface area contributed by atoms with Gasteiger partial charge in [0.2, 0.25) is 0 Å². The predicted octanol–water partition coefficient (Wildman–Crippen LogP) is 4.24. The van der Waals surface area contributed by atoms with E-state index in [-0.39, 0.29) is 5.91 Å². The van der Waals surface area contributed by atoms with Crippen molar-refractivity contribution in [3.05, 3.63) is 70.1 Å². The molecule has 1 fully saturated rings. The Hall–Kier alpha value is -2.31. The number of benzene rings is 2. The first-order chi connectivity index (χ1) is 12.6. The number of ether oxygens (including phenoxy) is 1. The number of amides is 1. The summed E-state index contributed by atoms with van der Waals surface area (Å²) < 4.78 is 33.4. The van der Waals surface area contributed by atoms with E-state index < -0.39 is 11.6 Å². The van der Waals surface area contributed by atoms with Crippen molar-refractivity contribution in [3.63, 3.8) is 0 Å². The molecule has 6 heteroatoms. The summed E-state index contributed by atoms with van der Waals surface area (Å²) in [4.78, 5) is 15.2. The number of hydrogen-bond acceptors (Lipinski definition) is 3. The molecule has 1 aliphatic heterocycles. The van der Waals surface area contributed by atoms with Gasteiger partial charge < -0.3 is 9.64 Å². The number of carbonyl (C=O) groups is 1. The SMILES string of the molecule is O=C(c1cc2c(Cc3ccc(F)cc3F)cccc2s1)N1CCOCC1. The minimum Gasteiger partial charge on any atom is -0.378 e. The van der Waals surface area contributed by atoms with Crippen molar-refractivity contribution >= 4 is 27.3 Å². The van der Waals surface area contributed by atoms with Crippen molar-refractivity contribution in [2.75, 3.05) is 26.3 Å². The van der Waals surface area contributed by atoms with Crippen LogP contribution < -0.4 is 0 Å². The normalized spacial score (nSPS) is 14.8. The molecule has 0 radical (unpaired) electrons. The quantitative estimate of drug-likeness (QED) is 0.687. The first-order valence-corrected chi connectivity index (χ1v) is 9.26. The maximum absolute atomic E-state index is 14.0. The lowest BCUT2D eigenvalue weighted by molar-refractivity contribution is 0.0306. The van der Waals surface area contributed by atoms with Crippen LogP contribution in [-0.2, 0) is 11.2 Å². The fourth-order valence-electron chi connectivity index (χ4n) is 3.17. The van der Waals surface area contributed by atoms with Crippen molar-refractivity contribution in [1.29, 1.82) is 0 Å². The van der Waals surface area contributed by atoms with E-state index in [4.69, 9.17) is 4.74 Å². The van der Waals surface area contributed by atoms with E-state index in [0.29, 0.717) is 43.2 Å². The predicted molar refractivity (Wildman–Crippen MR) is 97.7 cm³/mol. The smallest absolute Gasteiger partial charge is 0.264 e. The van der Waals surface area contributed by atoms with Crippen molar-refractivity contribution in [3.8, 4) is 0 Å². The van der Waals surface area contributed by atoms with Crippen LogP contribution in [0.1, 0.15) is 20.8 Å².